The lowest BCUT2D eigenvalue weighted by molar-refractivity contribution is -0.107. The van der Waals surface area contributed by atoms with Gasteiger partial charge in [0, 0.05) is 6.21 Å². The third-order valence-corrected chi connectivity index (χ3v) is 2.36. The highest BCUT2D eigenvalue weighted by atomic mass is 32.1. The molecule has 3 nitrogen and oxygen atoms in total. The number of halogens is 3. The number of alkyl halides is 3. The Hall–Kier alpha value is -1.63. The van der Waals surface area contributed by atoms with Crippen molar-refractivity contribution in [1.82, 2.24) is 0 Å². The van der Waals surface area contributed by atoms with Gasteiger partial charge >= 0.3 is 6.18 Å². The predicted molar refractivity (Wildman–Crippen MR) is 55.8 cm³/mol. The molecule has 0 spiro atoms. The summed E-state index contributed by atoms with van der Waals surface area (Å²) in [5.41, 5.74) is 2.66. The van der Waals surface area contributed by atoms with Gasteiger partial charge in [0.15, 0.2) is 6.29 Å². The Labute approximate surface area is 93.1 Å². The fourth-order valence-corrected chi connectivity index (χ4v) is 1.37. The first-order valence-electron chi connectivity index (χ1n) is 4.05. The molecule has 0 aliphatic heterocycles. The zero-order valence-electron chi connectivity index (χ0n) is 7.86. The molecule has 1 aromatic rings. The first-order valence-corrected chi connectivity index (χ1v) is 4.93. The lowest BCUT2D eigenvalue weighted by atomic mass is 10.2. The van der Waals surface area contributed by atoms with Gasteiger partial charge in [0.2, 0.25) is 0 Å². The van der Waals surface area contributed by atoms with Gasteiger partial charge in [-0.05, 0) is 17.5 Å². The molecule has 0 unspecified atom stereocenters. The van der Waals surface area contributed by atoms with E-state index in [1.807, 2.05) is 0 Å². The normalized spacial score (nSPS) is 13.9. The Morgan fingerprint density at radius 3 is 2.62 bits per heavy atom. The fraction of sp³-hybridized carbons (Fsp3) is 0.111. The van der Waals surface area contributed by atoms with E-state index in [9.17, 15) is 18.0 Å². The first kappa shape index (κ1) is 12.4. The van der Waals surface area contributed by atoms with Crippen molar-refractivity contribution in [3.63, 3.8) is 0 Å². The molecule has 0 saturated heterocycles. The topological polar surface area (TPSA) is 55.5 Å². The number of nitrogens with zero attached hydrogens (tertiary/aromatic N) is 1. The third kappa shape index (κ3) is 3.20. The highest BCUT2D eigenvalue weighted by molar-refractivity contribution is 7.13. The molecule has 0 bridgehead atoms. The van der Waals surface area contributed by atoms with E-state index in [1.54, 1.807) is 17.5 Å². The summed E-state index contributed by atoms with van der Waals surface area (Å²) in [5.74, 6) is 0. The van der Waals surface area contributed by atoms with E-state index in [4.69, 9.17) is 5.73 Å². The lowest BCUT2D eigenvalue weighted by Gasteiger charge is -2.06. The minimum absolute atomic E-state index is 0.0277. The number of aldehydes is 1. The smallest absolute Gasteiger partial charge is 0.394 e. The fourth-order valence-electron chi connectivity index (χ4n) is 0.804. The second-order valence-corrected chi connectivity index (χ2v) is 3.62. The molecule has 0 saturated carbocycles. The largest absolute Gasteiger partial charge is 0.431 e. The van der Waals surface area contributed by atoms with Crippen molar-refractivity contribution in [2.45, 2.75) is 6.18 Å². The van der Waals surface area contributed by atoms with E-state index >= 15 is 0 Å². The number of hydrogen-bond donors (Lipinski definition) is 1. The molecule has 0 aromatic carbocycles. The summed E-state index contributed by atoms with van der Waals surface area (Å²) in [7, 11) is 0. The molecule has 1 aromatic heterocycles. The van der Waals surface area contributed by atoms with Crippen LogP contribution >= 0.6 is 11.3 Å². The van der Waals surface area contributed by atoms with Gasteiger partial charge in [-0.1, -0.05) is 0 Å². The van der Waals surface area contributed by atoms with Crippen LogP contribution in [-0.2, 0) is 4.79 Å². The molecule has 86 valence electrons. The van der Waals surface area contributed by atoms with Crippen LogP contribution in [0.4, 0.5) is 18.2 Å². The molecule has 0 atom stereocenters. The third-order valence-electron chi connectivity index (χ3n) is 1.58. The second-order valence-electron chi connectivity index (χ2n) is 2.69. The molecule has 0 amide bonds. The average molecular weight is 248 g/mol. The molecule has 1 rings (SSSR count). The summed E-state index contributed by atoms with van der Waals surface area (Å²) in [6, 6.07) is 3.29. The molecule has 0 fully saturated rings. The van der Waals surface area contributed by atoms with Crippen molar-refractivity contribution >= 4 is 28.8 Å². The maximum Gasteiger partial charge on any atom is 0.431 e. The van der Waals surface area contributed by atoms with Crippen molar-refractivity contribution in [1.29, 1.82) is 0 Å². The minimum Gasteiger partial charge on any atom is -0.394 e. The summed E-state index contributed by atoms with van der Waals surface area (Å²) >= 11 is 1.24. The first-order chi connectivity index (χ1) is 7.45. The number of hydrogen-bond acceptors (Lipinski definition) is 4. The monoisotopic (exact) mass is 248 g/mol. The van der Waals surface area contributed by atoms with Gasteiger partial charge < -0.3 is 5.73 Å². The van der Waals surface area contributed by atoms with E-state index in [2.05, 4.69) is 4.99 Å². The number of rotatable bonds is 3. The van der Waals surface area contributed by atoms with Crippen molar-refractivity contribution in [3.05, 3.63) is 28.8 Å². The SMILES string of the molecule is NC(=C(C=O)C=Nc1cccs1)C(F)(F)F. The number of carbonyl (C=O) groups is 1. The van der Waals surface area contributed by atoms with Crippen molar-refractivity contribution in [2.24, 2.45) is 10.7 Å². The zero-order valence-corrected chi connectivity index (χ0v) is 8.68. The van der Waals surface area contributed by atoms with Gasteiger partial charge in [-0.3, -0.25) is 4.79 Å². The molecule has 2 N–H and O–H groups in total. The average Bonchev–Trinajstić information content (AvgIpc) is 2.69. The van der Waals surface area contributed by atoms with Crippen LogP contribution in [0, 0.1) is 0 Å². The molecular formula is C9H7F3N2OS. The Kier molecular flexibility index (Phi) is 3.83. The zero-order chi connectivity index (χ0) is 12.2. The molecule has 7 heteroatoms. The Balaban J connectivity index is 2.97. The van der Waals surface area contributed by atoms with Gasteiger partial charge in [0.05, 0.1) is 5.57 Å². The molecule has 0 radical (unpaired) electrons. The number of aliphatic imine (C=N–C) groups is 1. The van der Waals surface area contributed by atoms with Gasteiger partial charge in [-0.2, -0.15) is 13.2 Å². The Morgan fingerprint density at radius 1 is 1.50 bits per heavy atom. The van der Waals surface area contributed by atoms with E-state index < -0.39 is 17.4 Å². The van der Waals surface area contributed by atoms with E-state index in [1.165, 1.54) is 11.3 Å². The molecule has 16 heavy (non-hydrogen) atoms. The summed E-state index contributed by atoms with van der Waals surface area (Å²) in [6.45, 7) is 0. The summed E-state index contributed by atoms with van der Waals surface area (Å²) in [6.07, 6.45) is -3.89. The minimum atomic E-state index is -4.72. The van der Waals surface area contributed by atoms with Gasteiger partial charge in [-0.15, -0.1) is 11.3 Å². The van der Waals surface area contributed by atoms with Crippen molar-refractivity contribution in [2.75, 3.05) is 0 Å². The van der Waals surface area contributed by atoms with Crippen molar-refractivity contribution in [3.8, 4) is 0 Å². The van der Waals surface area contributed by atoms with E-state index in [0.717, 1.165) is 6.21 Å². The molecular weight excluding hydrogens is 241 g/mol. The van der Waals surface area contributed by atoms with E-state index in [0.29, 0.717) is 5.00 Å². The predicted octanol–water partition coefficient (Wildman–Crippen LogP) is 2.42. The van der Waals surface area contributed by atoms with Gasteiger partial charge in [-0.25, -0.2) is 4.99 Å². The summed E-state index contributed by atoms with van der Waals surface area (Å²) < 4.78 is 36.5. The Bertz CT molecular complexity index is 420. The maximum absolute atomic E-state index is 12.2. The van der Waals surface area contributed by atoms with Crippen LogP contribution in [0.2, 0.25) is 0 Å². The van der Waals surface area contributed by atoms with Gasteiger partial charge in [0.1, 0.15) is 10.7 Å². The van der Waals surface area contributed by atoms with Crippen molar-refractivity contribution < 1.29 is 18.0 Å². The lowest BCUT2D eigenvalue weighted by Crippen LogP contribution is -2.22. The van der Waals surface area contributed by atoms with Crippen LogP contribution in [0.1, 0.15) is 0 Å². The molecule has 1 heterocycles. The summed E-state index contributed by atoms with van der Waals surface area (Å²) in [4.78, 5) is 14.1. The molecule has 0 aliphatic carbocycles. The molecule has 0 aliphatic rings. The highest BCUT2D eigenvalue weighted by Crippen LogP contribution is 2.24. The van der Waals surface area contributed by atoms with Crippen LogP contribution in [0.3, 0.4) is 0 Å². The summed E-state index contributed by atoms with van der Waals surface area (Å²) in [5, 5.41) is 2.21. The van der Waals surface area contributed by atoms with E-state index in [-0.39, 0.29) is 6.29 Å². The highest BCUT2D eigenvalue weighted by Gasteiger charge is 2.33. The number of thiophene rings is 1. The Morgan fingerprint density at radius 2 is 2.19 bits per heavy atom. The second kappa shape index (κ2) is 4.93. The number of allylic oxidation sites excluding steroid dienone is 2. The van der Waals surface area contributed by atoms with Crippen LogP contribution in [-0.4, -0.2) is 18.7 Å². The standard InChI is InChI=1S/C9H7F3N2OS/c10-9(11,12)8(13)6(5-15)4-14-7-2-1-3-16-7/h1-5H,13H2. The van der Waals surface area contributed by atoms with Crippen LogP contribution in [0.15, 0.2) is 33.8 Å². The quantitative estimate of drug-likeness (QED) is 0.507. The van der Waals surface area contributed by atoms with Crippen LogP contribution in [0.25, 0.3) is 0 Å². The van der Waals surface area contributed by atoms with Gasteiger partial charge in [0.25, 0.3) is 0 Å². The number of carbonyl (C=O) groups excluding carboxylic acids is 1. The maximum atomic E-state index is 12.2. The van der Waals surface area contributed by atoms with Crippen LogP contribution in [0.5, 0.6) is 0 Å². The van der Waals surface area contributed by atoms with Crippen LogP contribution < -0.4 is 5.73 Å². The number of nitrogens with two attached hydrogens (primary N) is 1.